The molecule has 2 aromatic rings. The molecule has 0 N–H and O–H groups in total. The summed E-state index contributed by atoms with van der Waals surface area (Å²) in [5.74, 6) is 1.12. The number of benzene rings is 2. The van der Waals surface area contributed by atoms with E-state index in [-0.39, 0.29) is 18.3 Å². The van der Waals surface area contributed by atoms with E-state index in [4.69, 9.17) is 9.47 Å². The van der Waals surface area contributed by atoms with Crippen LogP contribution in [-0.2, 0) is 4.79 Å². The molecule has 0 aromatic heterocycles. The minimum absolute atomic E-state index is 0.0394. The summed E-state index contributed by atoms with van der Waals surface area (Å²) in [6, 6.07) is 12.8. The Morgan fingerprint density at radius 2 is 1.65 bits per heavy atom. The zero-order valence-electron chi connectivity index (χ0n) is 15.7. The molecule has 0 bridgehead atoms. The number of amides is 1. The lowest BCUT2D eigenvalue weighted by Gasteiger charge is -2.18. The summed E-state index contributed by atoms with van der Waals surface area (Å²) in [6.07, 6.45) is 0. The number of likely N-dealkylation sites (N-methyl/N-ethyl adjacent to an activating group) is 1. The van der Waals surface area contributed by atoms with E-state index in [1.54, 1.807) is 36.2 Å². The molecular formula is C21H25NO4. The molecule has 0 radical (unpaired) electrons. The van der Waals surface area contributed by atoms with E-state index in [9.17, 15) is 9.59 Å². The molecule has 0 atom stereocenters. The van der Waals surface area contributed by atoms with Gasteiger partial charge in [-0.3, -0.25) is 9.59 Å². The van der Waals surface area contributed by atoms with Crippen molar-refractivity contribution < 1.29 is 19.1 Å². The highest BCUT2D eigenvalue weighted by Gasteiger charge is 2.10. The summed E-state index contributed by atoms with van der Waals surface area (Å²) >= 11 is 0. The molecule has 1 amide bonds. The Morgan fingerprint density at radius 1 is 0.962 bits per heavy atom. The van der Waals surface area contributed by atoms with Crippen LogP contribution in [0.2, 0.25) is 0 Å². The van der Waals surface area contributed by atoms with E-state index < -0.39 is 0 Å². The van der Waals surface area contributed by atoms with Crippen molar-refractivity contribution in [1.29, 1.82) is 0 Å². The smallest absolute Gasteiger partial charge is 0.260 e. The van der Waals surface area contributed by atoms with Crippen LogP contribution in [0, 0.1) is 13.8 Å². The third-order valence-electron chi connectivity index (χ3n) is 3.92. The number of aryl methyl sites for hydroxylation is 2. The minimum atomic E-state index is -0.151. The van der Waals surface area contributed by atoms with E-state index in [0.29, 0.717) is 24.5 Å². The first kappa shape index (κ1) is 19.5. The monoisotopic (exact) mass is 355 g/mol. The van der Waals surface area contributed by atoms with Gasteiger partial charge in [0.05, 0.1) is 6.54 Å². The van der Waals surface area contributed by atoms with Gasteiger partial charge in [-0.25, -0.2) is 0 Å². The highest BCUT2D eigenvalue weighted by atomic mass is 16.5. The topological polar surface area (TPSA) is 55.8 Å². The number of ketones is 1. The number of ether oxygens (including phenoxy) is 2. The number of hydrogen-bond acceptors (Lipinski definition) is 4. The molecule has 0 spiro atoms. The zero-order chi connectivity index (χ0) is 19.1. The summed E-state index contributed by atoms with van der Waals surface area (Å²) in [5.41, 5.74) is 2.85. The molecule has 0 aliphatic heterocycles. The van der Waals surface area contributed by atoms with Crippen molar-refractivity contribution in [1.82, 2.24) is 4.90 Å². The number of carbonyl (C=O) groups excluding carboxylic acids is 2. The predicted octanol–water partition coefficient (Wildman–Crippen LogP) is 3.42. The molecular weight excluding hydrogens is 330 g/mol. The fraction of sp³-hybridized carbons (Fsp3) is 0.333. The Hall–Kier alpha value is -2.82. The van der Waals surface area contributed by atoms with Gasteiger partial charge in [-0.05, 0) is 56.2 Å². The van der Waals surface area contributed by atoms with E-state index in [1.807, 2.05) is 26.0 Å². The Morgan fingerprint density at radius 3 is 2.31 bits per heavy atom. The normalized spacial score (nSPS) is 10.3. The van der Waals surface area contributed by atoms with Crippen LogP contribution in [-0.4, -0.2) is 43.4 Å². The van der Waals surface area contributed by atoms with Gasteiger partial charge in [0, 0.05) is 12.6 Å². The number of carbonyl (C=O) groups is 2. The van der Waals surface area contributed by atoms with Crippen molar-refractivity contribution in [2.45, 2.75) is 20.8 Å². The van der Waals surface area contributed by atoms with Crippen molar-refractivity contribution in [2.75, 3.05) is 26.8 Å². The zero-order valence-corrected chi connectivity index (χ0v) is 15.7. The van der Waals surface area contributed by atoms with Gasteiger partial charge >= 0.3 is 0 Å². The number of rotatable bonds is 8. The van der Waals surface area contributed by atoms with Gasteiger partial charge in [0.25, 0.3) is 5.91 Å². The van der Waals surface area contributed by atoms with Crippen LogP contribution in [0.5, 0.6) is 11.5 Å². The summed E-state index contributed by atoms with van der Waals surface area (Å²) in [7, 11) is 1.71. The van der Waals surface area contributed by atoms with E-state index in [0.717, 1.165) is 16.9 Å². The van der Waals surface area contributed by atoms with Crippen LogP contribution in [0.1, 0.15) is 28.4 Å². The number of nitrogens with zero attached hydrogens (tertiary/aromatic N) is 1. The second-order valence-electron chi connectivity index (χ2n) is 6.36. The molecule has 0 aliphatic carbocycles. The SMILES string of the molecule is CC(=O)c1cccc(OCC(=O)N(C)CCOc2cc(C)cc(C)c2)c1. The molecule has 0 saturated carbocycles. The third kappa shape index (κ3) is 5.92. The first-order valence-corrected chi connectivity index (χ1v) is 8.54. The lowest BCUT2D eigenvalue weighted by molar-refractivity contribution is -0.132. The fourth-order valence-electron chi connectivity index (χ4n) is 2.50. The summed E-state index contributed by atoms with van der Waals surface area (Å²) in [4.78, 5) is 25.1. The Labute approximate surface area is 154 Å². The first-order valence-electron chi connectivity index (χ1n) is 8.54. The second-order valence-corrected chi connectivity index (χ2v) is 6.36. The van der Waals surface area contributed by atoms with Crippen molar-refractivity contribution in [3.8, 4) is 11.5 Å². The van der Waals surface area contributed by atoms with Crippen LogP contribution < -0.4 is 9.47 Å². The molecule has 2 aromatic carbocycles. The summed E-state index contributed by atoms with van der Waals surface area (Å²) in [6.45, 7) is 6.32. The predicted molar refractivity (Wildman–Crippen MR) is 101 cm³/mol. The van der Waals surface area contributed by atoms with Crippen molar-refractivity contribution in [3.05, 3.63) is 59.2 Å². The van der Waals surface area contributed by atoms with Gasteiger partial charge in [0.2, 0.25) is 0 Å². The quantitative estimate of drug-likeness (QED) is 0.681. The molecule has 138 valence electrons. The number of hydrogen-bond donors (Lipinski definition) is 0. The van der Waals surface area contributed by atoms with Gasteiger partial charge in [-0.1, -0.05) is 18.2 Å². The van der Waals surface area contributed by atoms with Crippen LogP contribution in [0.15, 0.2) is 42.5 Å². The highest BCUT2D eigenvalue weighted by Crippen LogP contribution is 2.16. The summed E-state index contributed by atoms with van der Waals surface area (Å²) in [5, 5.41) is 0. The maximum Gasteiger partial charge on any atom is 0.260 e. The molecule has 0 aliphatic rings. The van der Waals surface area contributed by atoms with Crippen LogP contribution in [0.4, 0.5) is 0 Å². The molecule has 0 heterocycles. The first-order chi connectivity index (χ1) is 12.3. The lowest BCUT2D eigenvalue weighted by atomic mass is 10.1. The molecule has 26 heavy (non-hydrogen) atoms. The van der Waals surface area contributed by atoms with Crippen molar-refractivity contribution in [2.24, 2.45) is 0 Å². The summed E-state index contributed by atoms with van der Waals surface area (Å²) < 4.78 is 11.2. The Kier molecular flexibility index (Phi) is 6.78. The second kappa shape index (κ2) is 9.04. The van der Waals surface area contributed by atoms with Gasteiger partial charge in [-0.15, -0.1) is 0 Å². The van der Waals surface area contributed by atoms with Gasteiger partial charge < -0.3 is 14.4 Å². The Bertz CT molecular complexity index is 765. The number of Topliss-reactive ketones (excluding diaryl/α,β-unsaturated/α-hetero) is 1. The Balaban J connectivity index is 1.78. The molecule has 0 fully saturated rings. The maximum atomic E-state index is 12.2. The third-order valence-corrected chi connectivity index (χ3v) is 3.92. The minimum Gasteiger partial charge on any atom is -0.492 e. The highest BCUT2D eigenvalue weighted by molar-refractivity contribution is 5.94. The molecule has 5 nitrogen and oxygen atoms in total. The molecule has 2 rings (SSSR count). The average Bonchev–Trinajstić information content (AvgIpc) is 2.59. The maximum absolute atomic E-state index is 12.2. The molecule has 5 heteroatoms. The van der Waals surface area contributed by atoms with E-state index >= 15 is 0 Å². The standard InChI is InChI=1S/C21H25NO4/c1-15-10-16(2)12-20(11-15)25-9-8-22(4)21(24)14-26-19-7-5-6-18(13-19)17(3)23/h5-7,10-13H,8-9,14H2,1-4H3. The molecule has 0 unspecified atom stereocenters. The fourth-order valence-corrected chi connectivity index (χ4v) is 2.50. The largest absolute Gasteiger partial charge is 0.492 e. The molecule has 0 saturated heterocycles. The van der Waals surface area contributed by atoms with E-state index in [2.05, 4.69) is 6.07 Å². The van der Waals surface area contributed by atoms with Gasteiger partial charge in [0.15, 0.2) is 12.4 Å². The van der Waals surface area contributed by atoms with Gasteiger partial charge in [0.1, 0.15) is 18.1 Å². The van der Waals surface area contributed by atoms with Crippen molar-refractivity contribution >= 4 is 11.7 Å². The van der Waals surface area contributed by atoms with Crippen molar-refractivity contribution in [3.63, 3.8) is 0 Å². The van der Waals surface area contributed by atoms with Crippen LogP contribution >= 0.6 is 0 Å². The van der Waals surface area contributed by atoms with Crippen LogP contribution in [0.25, 0.3) is 0 Å². The lowest BCUT2D eigenvalue weighted by Crippen LogP contribution is -2.34. The average molecular weight is 355 g/mol. The van der Waals surface area contributed by atoms with Gasteiger partial charge in [-0.2, -0.15) is 0 Å². The van der Waals surface area contributed by atoms with E-state index in [1.165, 1.54) is 6.92 Å². The van der Waals surface area contributed by atoms with Crippen LogP contribution in [0.3, 0.4) is 0 Å².